The number of ether oxygens (including phenoxy) is 1. The molecule has 0 aliphatic carbocycles. The van der Waals surface area contributed by atoms with E-state index in [-0.39, 0.29) is 0 Å². The van der Waals surface area contributed by atoms with Crippen LogP contribution in [0.25, 0.3) is 0 Å². The number of phosphoric ester groups is 1. The minimum Gasteiger partial charge on any atom is -0.388 e. The van der Waals surface area contributed by atoms with E-state index < -0.39 is 51.2 Å². The summed E-state index contributed by atoms with van der Waals surface area (Å²) in [5.74, 6) is 0. The SMILES string of the molecule is O=P(O)(O)OC[C@H](O)[C@H]1O[C@H](O)[C@@H](O)[C@@H](O)[C@@H]1O. The summed E-state index contributed by atoms with van der Waals surface area (Å²) in [6.45, 7) is -0.887. The predicted octanol–water partition coefficient (Wildman–Crippen LogP) is -3.74. The van der Waals surface area contributed by atoms with E-state index in [1.165, 1.54) is 0 Å². The van der Waals surface area contributed by atoms with Crippen LogP contribution in [0.3, 0.4) is 0 Å². The van der Waals surface area contributed by atoms with Crippen molar-refractivity contribution in [2.45, 2.75) is 36.8 Å². The summed E-state index contributed by atoms with van der Waals surface area (Å²) in [6, 6.07) is 0. The molecular weight excluding hydrogens is 275 g/mol. The van der Waals surface area contributed by atoms with Gasteiger partial charge in [-0.2, -0.15) is 0 Å². The lowest BCUT2D eigenvalue weighted by atomic mass is 9.96. The van der Waals surface area contributed by atoms with Gasteiger partial charge in [0.2, 0.25) is 0 Å². The molecule has 10 nitrogen and oxygen atoms in total. The van der Waals surface area contributed by atoms with Gasteiger partial charge in [-0.25, -0.2) is 4.57 Å². The van der Waals surface area contributed by atoms with Gasteiger partial charge in [0, 0.05) is 0 Å². The quantitative estimate of drug-likeness (QED) is 0.254. The van der Waals surface area contributed by atoms with E-state index in [0.29, 0.717) is 0 Å². The molecule has 1 rings (SSSR count). The molecule has 0 spiro atoms. The zero-order valence-corrected chi connectivity index (χ0v) is 9.87. The second-order valence-electron chi connectivity index (χ2n) is 3.82. The molecule has 0 saturated carbocycles. The average Bonchev–Trinajstić information content (AvgIpc) is 2.27. The van der Waals surface area contributed by atoms with E-state index in [4.69, 9.17) is 20.0 Å². The highest BCUT2D eigenvalue weighted by Crippen LogP contribution is 2.36. The lowest BCUT2D eigenvalue weighted by molar-refractivity contribution is -0.298. The Morgan fingerprint density at radius 2 is 1.67 bits per heavy atom. The van der Waals surface area contributed by atoms with Crippen molar-refractivity contribution in [2.75, 3.05) is 6.61 Å². The summed E-state index contributed by atoms with van der Waals surface area (Å²) in [6.07, 6.45) is -10.4. The Labute approximate surface area is 101 Å². The van der Waals surface area contributed by atoms with Gasteiger partial charge in [-0.1, -0.05) is 0 Å². The fourth-order valence-electron chi connectivity index (χ4n) is 1.47. The summed E-state index contributed by atoms with van der Waals surface area (Å²) in [4.78, 5) is 16.8. The third-order valence-corrected chi connectivity index (χ3v) is 2.90. The molecule has 0 amide bonds. The minimum atomic E-state index is -4.80. The standard InChI is InChI=1S/C7H15O10P/c8-2(1-16-18(13,14)15)6-4(10)3(9)5(11)7(12)17-6/h2-12H,1H2,(H2,13,14,15)/t2-,3-,4-,5-,6+,7-/m0/s1. The molecule has 18 heavy (non-hydrogen) atoms. The van der Waals surface area contributed by atoms with Gasteiger partial charge in [0.15, 0.2) is 6.29 Å². The molecule has 7 N–H and O–H groups in total. The van der Waals surface area contributed by atoms with Crippen LogP contribution >= 0.6 is 7.82 Å². The van der Waals surface area contributed by atoms with Crippen LogP contribution in [0.4, 0.5) is 0 Å². The smallest absolute Gasteiger partial charge is 0.388 e. The van der Waals surface area contributed by atoms with Crippen molar-refractivity contribution in [1.82, 2.24) is 0 Å². The molecule has 0 radical (unpaired) electrons. The Kier molecular flexibility index (Phi) is 5.21. The van der Waals surface area contributed by atoms with E-state index in [1.54, 1.807) is 0 Å². The summed E-state index contributed by atoms with van der Waals surface area (Å²) in [7, 11) is -4.80. The number of phosphoric acid groups is 1. The van der Waals surface area contributed by atoms with Crippen LogP contribution in [-0.4, -0.2) is 78.7 Å². The van der Waals surface area contributed by atoms with E-state index in [0.717, 1.165) is 0 Å². The van der Waals surface area contributed by atoms with E-state index in [9.17, 15) is 19.9 Å². The molecule has 0 aromatic carbocycles. The first-order valence-electron chi connectivity index (χ1n) is 4.89. The molecule has 1 heterocycles. The maximum atomic E-state index is 10.4. The first kappa shape index (κ1) is 15.9. The Morgan fingerprint density at radius 1 is 1.11 bits per heavy atom. The minimum absolute atomic E-state index is 0.887. The summed E-state index contributed by atoms with van der Waals surface area (Å²) >= 11 is 0. The summed E-state index contributed by atoms with van der Waals surface area (Å²) in [5, 5.41) is 46.6. The molecule has 0 aromatic heterocycles. The molecule has 6 atom stereocenters. The predicted molar refractivity (Wildman–Crippen MR) is 52.9 cm³/mol. The van der Waals surface area contributed by atoms with Gasteiger partial charge in [-0.3, -0.25) is 4.52 Å². The fraction of sp³-hybridized carbons (Fsp3) is 1.00. The van der Waals surface area contributed by atoms with Crippen LogP contribution in [0, 0.1) is 0 Å². The maximum Gasteiger partial charge on any atom is 0.469 e. The highest BCUT2D eigenvalue weighted by Gasteiger charge is 2.46. The average molecular weight is 290 g/mol. The molecule has 1 fully saturated rings. The Morgan fingerprint density at radius 3 is 2.17 bits per heavy atom. The van der Waals surface area contributed by atoms with Gasteiger partial charge < -0.3 is 40.1 Å². The topological polar surface area (TPSA) is 177 Å². The van der Waals surface area contributed by atoms with Crippen molar-refractivity contribution in [3.8, 4) is 0 Å². The number of hydrogen-bond acceptors (Lipinski definition) is 8. The summed E-state index contributed by atoms with van der Waals surface area (Å²) < 4.78 is 19.0. The number of hydrogen-bond donors (Lipinski definition) is 7. The first-order valence-corrected chi connectivity index (χ1v) is 6.42. The van der Waals surface area contributed by atoms with Crippen LogP contribution in [0.1, 0.15) is 0 Å². The molecule has 0 aromatic rings. The van der Waals surface area contributed by atoms with Gasteiger partial charge in [-0.15, -0.1) is 0 Å². The number of aliphatic hydroxyl groups is 5. The molecule has 1 aliphatic rings. The molecule has 1 saturated heterocycles. The number of aliphatic hydroxyl groups excluding tert-OH is 5. The van der Waals surface area contributed by atoms with Gasteiger partial charge in [0.25, 0.3) is 0 Å². The lowest BCUT2D eigenvalue weighted by Crippen LogP contribution is -2.61. The normalized spacial score (nSPS) is 39.6. The van der Waals surface area contributed by atoms with Crippen LogP contribution in [0.2, 0.25) is 0 Å². The Hall–Kier alpha value is -0.130. The highest BCUT2D eigenvalue weighted by atomic mass is 31.2. The Balaban J connectivity index is 2.62. The molecule has 11 heteroatoms. The van der Waals surface area contributed by atoms with Crippen molar-refractivity contribution >= 4 is 7.82 Å². The van der Waals surface area contributed by atoms with E-state index >= 15 is 0 Å². The molecule has 0 bridgehead atoms. The van der Waals surface area contributed by atoms with Crippen molar-refractivity contribution < 1.29 is 49.1 Å². The van der Waals surface area contributed by atoms with Crippen molar-refractivity contribution in [3.63, 3.8) is 0 Å². The van der Waals surface area contributed by atoms with Gasteiger partial charge in [-0.05, 0) is 0 Å². The fourth-order valence-corrected chi connectivity index (χ4v) is 1.82. The third kappa shape index (κ3) is 3.93. The lowest BCUT2D eigenvalue weighted by Gasteiger charge is -2.40. The monoisotopic (exact) mass is 290 g/mol. The van der Waals surface area contributed by atoms with Gasteiger partial charge >= 0.3 is 7.82 Å². The second kappa shape index (κ2) is 5.88. The molecular formula is C7H15O10P. The molecule has 108 valence electrons. The van der Waals surface area contributed by atoms with E-state index in [1.807, 2.05) is 0 Å². The molecule has 1 aliphatic heterocycles. The van der Waals surface area contributed by atoms with Crippen LogP contribution in [-0.2, 0) is 13.8 Å². The van der Waals surface area contributed by atoms with Crippen LogP contribution in [0.15, 0.2) is 0 Å². The third-order valence-electron chi connectivity index (χ3n) is 2.42. The molecule has 0 unspecified atom stereocenters. The highest BCUT2D eigenvalue weighted by molar-refractivity contribution is 7.46. The van der Waals surface area contributed by atoms with Crippen molar-refractivity contribution in [1.29, 1.82) is 0 Å². The van der Waals surface area contributed by atoms with Crippen LogP contribution in [0.5, 0.6) is 0 Å². The second-order valence-corrected chi connectivity index (χ2v) is 5.06. The van der Waals surface area contributed by atoms with Gasteiger partial charge in [0.1, 0.15) is 30.5 Å². The Bertz CT molecular complexity index is 317. The first-order chi connectivity index (χ1) is 8.13. The number of rotatable bonds is 4. The van der Waals surface area contributed by atoms with Crippen molar-refractivity contribution in [2.24, 2.45) is 0 Å². The summed E-state index contributed by atoms with van der Waals surface area (Å²) in [5.41, 5.74) is 0. The van der Waals surface area contributed by atoms with E-state index in [2.05, 4.69) is 9.26 Å². The van der Waals surface area contributed by atoms with Crippen LogP contribution < -0.4 is 0 Å². The zero-order valence-electron chi connectivity index (χ0n) is 8.97. The maximum absolute atomic E-state index is 10.4. The van der Waals surface area contributed by atoms with Gasteiger partial charge in [0.05, 0.1) is 6.61 Å². The van der Waals surface area contributed by atoms with Crippen molar-refractivity contribution in [3.05, 3.63) is 0 Å². The zero-order chi connectivity index (χ0) is 14.1. The largest absolute Gasteiger partial charge is 0.469 e.